The number of rotatable bonds is 58. The van der Waals surface area contributed by atoms with Crippen molar-refractivity contribution in [3.63, 3.8) is 0 Å². The Kier molecular flexibility index (Phi) is 58.7. The molecule has 0 fully saturated rings. The summed E-state index contributed by atoms with van der Waals surface area (Å²) in [5.41, 5.74) is 0. The van der Waals surface area contributed by atoms with E-state index in [0.29, 0.717) is 19.3 Å². The van der Waals surface area contributed by atoms with E-state index < -0.39 is 6.10 Å². The third-order valence-corrected chi connectivity index (χ3v) is 14.1. The fourth-order valence-electron chi connectivity index (χ4n) is 9.31. The van der Waals surface area contributed by atoms with E-state index in [-0.39, 0.29) is 31.1 Å². The summed E-state index contributed by atoms with van der Waals surface area (Å²) in [6.07, 6.45) is 75.4. The summed E-state index contributed by atoms with van der Waals surface area (Å²) in [5.74, 6) is -0.889. The summed E-state index contributed by atoms with van der Waals surface area (Å²) < 4.78 is 16.9. The fourth-order valence-corrected chi connectivity index (χ4v) is 9.31. The minimum absolute atomic E-state index is 0.0800. The number of allylic oxidation sites excluding steroid dienone is 8. The van der Waals surface area contributed by atoms with Gasteiger partial charge < -0.3 is 14.2 Å². The number of hydrogen-bond acceptors (Lipinski definition) is 6. The molecule has 0 aliphatic carbocycles. The van der Waals surface area contributed by atoms with Crippen molar-refractivity contribution in [2.45, 2.75) is 341 Å². The number of carbonyl (C=O) groups excluding carboxylic acids is 3. The van der Waals surface area contributed by atoms with Crippen LogP contribution in [0.5, 0.6) is 0 Å². The molecule has 0 aliphatic heterocycles. The molecule has 1 unspecified atom stereocenters. The van der Waals surface area contributed by atoms with Gasteiger partial charge in [-0.1, -0.05) is 294 Å². The number of esters is 3. The highest BCUT2D eigenvalue weighted by Crippen LogP contribution is 2.17. The Morgan fingerprint density at radius 3 is 0.778 bits per heavy atom. The van der Waals surface area contributed by atoms with Gasteiger partial charge in [0, 0.05) is 19.3 Å². The summed E-state index contributed by atoms with van der Waals surface area (Å²) in [5, 5.41) is 0. The number of ether oxygens (including phenoxy) is 3. The zero-order valence-corrected chi connectivity index (χ0v) is 48.2. The Bertz CT molecular complexity index is 1250. The van der Waals surface area contributed by atoms with Crippen LogP contribution < -0.4 is 0 Å². The fraction of sp³-hybridized carbons (Fsp3) is 0.833. The van der Waals surface area contributed by atoms with Crippen LogP contribution in [0.1, 0.15) is 335 Å². The van der Waals surface area contributed by atoms with Gasteiger partial charge in [0.1, 0.15) is 13.2 Å². The number of unbranched alkanes of at least 4 members (excludes halogenated alkanes) is 41. The predicted molar refractivity (Wildman–Crippen MR) is 312 cm³/mol. The predicted octanol–water partition coefficient (Wildman–Crippen LogP) is 21.4. The molecule has 1 atom stereocenters. The number of hydrogen-bond donors (Lipinski definition) is 0. The molecule has 0 amide bonds. The van der Waals surface area contributed by atoms with Crippen molar-refractivity contribution in [3.8, 4) is 0 Å². The second-order valence-electron chi connectivity index (χ2n) is 21.4. The van der Waals surface area contributed by atoms with Crippen LogP contribution in [0.25, 0.3) is 0 Å². The average Bonchev–Trinajstić information content (AvgIpc) is 3.38. The molecular formula is C66H120O6. The molecule has 0 N–H and O–H groups in total. The first kappa shape index (κ1) is 69.4. The summed E-state index contributed by atoms with van der Waals surface area (Å²) >= 11 is 0. The average molecular weight is 1010 g/mol. The molecule has 0 radical (unpaired) electrons. The maximum absolute atomic E-state index is 12.9. The van der Waals surface area contributed by atoms with E-state index in [0.717, 1.165) is 70.6 Å². The third kappa shape index (κ3) is 58.3. The molecular weight excluding hydrogens is 889 g/mol. The van der Waals surface area contributed by atoms with Crippen LogP contribution in [0.3, 0.4) is 0 Å². The van der Waals surface area contributed by atoms with Crippen LogP contribution in [0, 0.1) is 0 Å². The summed E-state index contributed by atoms with van der Waals surface area (Å²) in [7, 11) is 0. The van der Waals surface area contributed by atoms with Gasteiger partial charge in [-0.3, -0.25) is 14.4 Å². The van der Waals surface area contributed by atoms with E-state index in [2.05, 4.69) is 69.4 Å². The van der Waals surface area contributed by atoms with Gasteiger partial charge in [0.15, 0.2) is 6.10 Å². The molecule has 0 heterocycles. The lowest BCUT2D eigenvalue weighted by Gasteiger charge is -2.18. The Morgan fingerprint density at radius 1 is 0.278 bits per heavy atom. The molecule has 0 bridgehead atoms. The van der Waals surface area contributed by atoms with Crippen LogP contribution in [0.15, 0.2) is 48.6 Å². The largest absolute Gasteiger partial charge is 0.462 e. The van der Waals surface area contributed by atoms with E-state index in [1.165, 1.54) is 225 Å². The zero-order valence-electron chi connectivity index (χ0n) is 48.2. The zero-order chi connectivity index (χ0) is 52.2. The van der Waals surface area contributed by atoms with Crippen LogP contribution in [-0.4, -0.2) is 37.2 Å². The minimum atomic E-state index is -0.784. The summed E-state index contributed by atoms with van der Waals surface area (Å²) in [4.78, 5) is 38.3. The van der Waals surface area contributed by atoms with Crippen LogP contribution >= 0.6 is 0 Å². The van der Waals surface area contributed by atoms with Gasteiger partial charge in [0.2, 0.25) is 0 Å². The maximum Gasteiger partial charge on any atom is 0.306 e. The molecule has 72 heavy (non-hydrogen) atoms. The Morgan fingerprint density at radius 2 is 0.486 bits per heavy atom. The molecule has 6 nitrogen and oxygen atoms in total. The highest BCUT2D eigenvalue weighted by Gasteiger charge is 2.19. The molecule has 0 aromatic heterocycles. The minimum Gasteiger partial charge on any atom is -0.462 e. The lowest BCUT2D eigenvalue weighted by Crippen LogP contribution is -2.30. The topological polar surface area (TPSA) is 78.9 Å². The third-order valence-electron chi connectivity index (χ3n) is 14.1. The van der Waals surface area contributed by atoms with E-state index in [1.807, 2.05) is 0 Å². The standard InChI is InChI=1S/C66H120O6/c1-4-7-10-13-16-19-22-25-28-31-33-35-38-41-44-47-50-53-56-59-65(68)71-62-63(61-70-64(67)58-55-52-49-46-43-40-37-30-27-24-21-18-15-12-9-6-3)72-66(69)60-57-54-51-48-45-42-39-36-34-32-29-26-23-20-17-14-11-8-5-2/h16,19,22,25,30,37,40,43,63H,4-15,17-18,20-21,23-24,26-29,31-36,38-39,41-42,44-62H2,1-3H3/b19-16-,25-22-,37-30-,43-40-. The van der Waals surface area contributed by atoms with Gasteiger partial charge in [-0.2, -0.15) is 0 Å². The molecule has 0 aromatic carbocycles. The van der Waals surface area contributed by atoms with Gasteiger partial charge >= 0.3 is 17.9 Å². The van der Waals surface area contributed by atoms with Gasteiger partial charge in [-0.15, -0.1) is 0 Å². The first-order chi connectivity index (χ1) is 35.5. The van der Waals surface area contributed by atoms with Gasteiger partial charge in [-0.25, -0.2) is 0 Å². The molecule has 0 spiro atoms. The smallest absolute Gasteiger partial charge is 0.306 e. The van der Waals surface area contributed by atoms with Crippen LogP contribution in [0.2, 0.25) is 0 Å². The molecule has 0 aliphatic rings. The van der Waals surface area contributed by atoms with Crippen molar-refractivity contribution in [3.05, 3.63) is 48.6 Å². The lowest BCUT2D eigenvalue weighted by molar-refractivity contribution is -0.167. The lowest BCUT2D eigenvalue weighted by atomic mass is 10.0. The van der Waals surface area contributed by atoms with Crippen molar-refractivity contribution in [1.29, 1.82) is 0 Å². The second-order valence-corrected chi connectivity index (χ2v) is 21.4. The van der Waals surface area contributed by atoms with E-state index in [1.54, 1.807) is 0 Å². The molecule has 0 aromatic rings. The van der Waals surface area contributed by atoms with Gasteiger partial charge in [-0.05, 0) is 70.6 Å². The molecule has 0 saturated carbocycles. The van der Waals surface area contributed by atoms with Crippen molar-refractivity contribution in [2.24, 2.45) is 0 Å². The van der Waals surface area contributed by atoms with E-state index in [9.17, 15) is 14.4 Å². The summed E-state index contributed by atoms with van der Waals surface area (Å²) in [6.45, 7) is 6.64. The quantitative estimate of drug-likeness (QED) is 0.0261. The molecule has 0 saturated heterocycles. The Labute approximate surface area is 448 Å². The molecule has 420 valence electrons. The highest BCUT2D eigenvalue weighted by molar-refractivity contribution is 5.71. The Balaban J connectivity index is 4.37. The SMILES string of the molecule is CCCCC/C=C\C=C/CCCCCCCCCCCCC(=O)OCC(COC(=O)CCCCC/C=C\C=C/CCCCCCCCC)OC(=O)CCCCCCCCCCCCCCCCCCCCC. The second kappa shape index (κ2) is 60.9. The molecule has 0 rings (SSSR count). The van der Waals surface area contributed by atoms with Gasteiger partial charge in [0.25, 0.3) is 0 Å². The molecule has 6 heteroatoms. The van der Waals surface area contributed by atoms with Crippen molar-refractivity contribution < 1.29 is 28.6 Å². The van der Waals surface area contributed by atoms with E-state index >= 15 is 0 Å². The highest BCUT2D eigenvalue weighted by atomic mass is 16.6. The van der Waals surface area contributed by atoms with Crippen LogP contribution in [-0.2, 0) is 28.6 Å². The first-order valence-electron chi connectivity index (χ1n) is 31.7. The number of carbonyl (C=O) groups is 3. The normalized spacial score (nSPS) is 12.3. The maximum atomic E-state index is 12.9. The van der Waals surface area contributed by atoms with Crippen LogP contribution in [0.4, 0.5) is 0 Å². The monoisotopic (exact) mass is 1010 g/mol. The first-order valence-corrected chi connectivity index (χ1v) is 31.7. The summed E-state index contributed by atoms with van der Waals surface area (Å²) in [6, 6.07) is 0. The Hall–Kier alpha value is -2.63. The van der Waals surface area contributed by atoms with Crippen molar-refractivity contribution in [1.82, 2.24) is 0 Å². The van der Waals surface area contributed by atoms with Crippen molar-refractivity contribution >= 4 is 17.9 Å². The van der Waals surface area contributed by atoms with Gasteiger partial charge in [0.05, 0.1) is 0 Å². The van der Waals surface area contributed by atoms with E-state index in [4.69, 9.17) is 14.2 Å². The van der Waals surface area contributed by atoms with Crippen molar-refractivity contribution in [2.75, 3.05) is 13.2 Å².